The zero-order chi connectivity index (χ0) is 25.1. The van der Waals surface area contributed by atoms with E-state index in [-0.39, 0.29) is 5.91 Å². The summed E-state index contributed by atoms with van der Waals surface area (Å²) in [6.45, 7) is 4.88. The molecule has 0 atom stereocenters. The maximum atomic E-state index is 13.3. The molecule has 0 aliphatic carbocycles. The highest BCUT2D eigenvalue weighted by Gasteiger charge is 2.20. The summed E-state index contributed by atoms with van der Waals surface area (Å²) in [5, 5.41) is 8.51. The minimum Gasteiger partial charge on any atom is -0.493 e. The van der Waals surface area contributed by atoms with Gasteiger partial charge in [-0.2, -0.15) is 0 Å². The zero-order valence-corrected chi connectivity index (χ0v) is 21.4. The van der Waals surface area contributed by atoms with Crippen molar-refractivity contribution in [3.63, 3.8) is 0 Å². The summed E-state index contributed by atoms with van der Waals surface area (Å²) >= 11 is 1.59. The Morgan fingerprint density at radius 2 is 1.81 bits per heavy atom. The number of aromatic nitrogens is 2. The van der Waals surface area contributed by atoms with E-state index in [9.17, 15) is 4.79 Å². The summed E-state index contributed by atoms with van der Waals surface area (Å²) in [6, 6.07) is 11.0. The quantitative estimate of drug-likeness (QED) is 0.376. The van der Waals surface area contributed by atoms with Gasteiger partial charge in [0.25, 0.3) is 5.91 Å². The lowest BCUT2D eigenvalue weighted by Crippen LogP contribution is -2.42. The Morgan fingerprint density at radius 1 is 1.08 bits per heavy atom. The van der Waals surface area contributed by atoms with E-state index in [0.29, 0.717) is 28.5 Å². The molecule has 10 heteroatoms. The minimum atomic E-state index is -0.279. The summed E-state index contributed by atoms with van der Waals surface area (Å²) in [6.07, 6.45) is 2.10. The Hall–Kier alpha value is -3.60. The van der Waals surface area contributed by atoms with Crippen molar-refractivity contribution in [1.29, 1.82) is 0 Å². The predicted octanol–water partition coefficient (Wildman–Crippen LogP) is 3.75. The molecule has 0 unspecified atom stereocenters. The second-order valence-electron chi connectivity index (χ2n) is 8.45. The number of amides is 1. The summed E-state index contributed by atoms with van der Waals surface area (Å²) in [5.41, 5.74) is 4.04. The van der Waals surface area contributed by atoms with Gasteiger partial charge in [-0.1, -0.05) is 18.2 Å². The van der Waals surface area contributed by atoms with E-state index in [1.165, 1.54) is 21.3 Å². The van der Waals surface area contributed by atoms with Crippen LogP contribution >= 0.6 is 11.3 Å². The number of carbonyl (C=O) groups is 1. The van der Waals surface area contributed by atoms with Crippen molar-refractivity contribution in [1.82, 2.24) is 19.6 Å². The molecule has 0 radical (unpaired) electrons. The second kappa shape index (κ2) is 10.6. The fourth-order valence-corrected chi connectivity index (χ4v) is 5.31. The highest BCUT2D eigenvalue weighted by molar-refractivity contribution is 7.15. The standard InChI is InChI=1S/C26H29N5O4S/c1-33-22-12-17(13-23(34-2)24(22)35-3)25(32)29-20-7-5-4-6-19(20)21-16-36-26-28-18(15-31(21)26)14-30-10-8-27-9-11-30/h4-7,12-13,15-16,27H,8-11,14H2,1-3H3,(H,29,32). The lowest BCUT2D eigenvalue weighted by molar-refractivity contribution is 0.102. The summed E-state index contributed by atoms with van der Waals surface area (Å²) < 4.78 is 18.3. The number of benzene rings is 2. The topological polar surface area (TPSA) is 89.4 Å². The number of thiazole rings is 1. The first-order chi connectivity index (χ1) is 17.6. The number of rotatable bonds is 8. The number of methoxy groups -OCH3 is 3. The first-order valence-corrected chi connectivity index (χ1v) is 12.6. The Balaban J connectivity index is 1.43. The van der Waals surface area contributed by atoms with Crippen molar-refractivity contribution in [2.45, 2.75) is 6.54 Å². The Morgan fingerprint density at radius 3 is 2.50 bits per heavy atom. The molecule has 4 aromatic rings. The van der Waals surface area contributed by atoms with E-state index in [2.05, 4.69) is 31.5 Å². The fourth-order valence-electron chi connectivity index (χ4n) is 4.42. The number of hydrogen-bond acceptors (Lipinski definition) is 8. The van der Waals surface area contributed by atoms with Gasteiger partial charge < -0.3 is 24.8 Å². The number of fused-ring (bicyclic) bond motifs is 1. The van der Waals surface area contributed by atoms with Crippen LogP contribution in [0, 0.1) is 0 Å². The minimum absolute atomic E-state index is 0.279. The molecule has 0 spiro atoms. The van der Waals surface area contributed by atoms with Crippen molar-refractivity contribution in [3.05, 3.63) is 59.2 Å². The van der Waals surface area contributed by atoms with Crippen molar-refractivity contribution in [2.75, 3.05) is 52.8 Å². The lowest BCUT2D eigenvalue weighted by Gasteiger charge is -2.26. The molecule has 0 saturated carbocycles. The number of piperazine rings is 1. The molecular weight excluding hydrogens is 478 g/mol. The Labute approximate surface area is 213 Å². The summed E-state index contributed by atoms with van der Waals surface area (Å²) in [5.74, 6) is 1.00. The molecule has 0 bridgehead atoms. The molecule has 1 aliphatic heterocycles. The van der Waals surface area contributed by atoms with Gasteiger partial charge in [0, 0.05) is 55.4 Å². The van der Waals surface area contributed by atoms with Gasteiger partial charge in [0.15, 0.2) is 16.5 Å². The number of nitrogens with zero attached hydrogens (tertiary/aromatic N) is 3. The molecule has 2 N–H and O–H groups in total. The van der Waals surface area contributed by atoms with Crippen LogP contribution in [0.15, 0.2) is 48.0 Å². The van der Waals surface area contributed by atoms with E-state index in [4.69, 9.17) is 19.2 Å². The van der Waals surface area contributed by atoms with Gasteiger partial charge in [-0.05, 0) is 18.2 Å². The average molecular weight is 508 g/mol. The number of imidazole rings is 1. The van der Waals surface area contributed by atoms with E-state index in [0.717, 1.165) is 54.6 Å². The van der Waals surface area contributed by atoms with Crippen LogP contribution in [0.4, 0.5) is 5.69 Å². The molecule has 1 saturated heterocycles. The maximum absolute atomic E-state index is 13.3. The van der Waals surface area contributed by atoms with Crippen LogP contribution in [-0.2, 0) is 6.54 Å². The smallest absolute Gasteiger partial charge is 0.255 e. The first kappa shape index (κ1) is 24.1. The molecule has 1 amide bonds. The SMILES string of the molecule is COc1cc(C(=O)Nc2ccccc2-c2csc3nc(CN4CCNCC4)cn23)cc(OC)c1OC. The monoisotopic (exact) mass is 507 g/mol. The number of para-hydroxylation sites is 1. The highest BCUT2D eigenvalue weighted by atomic mass is 32.1. The van der Waals surface area contributed by atoms with Crippen LogP contribution in [0.25, 0.3) is 16.2 Å². The van der Waals surface area contributed by atoms with Gasteiger partial charge in [0.05, 0.1) is 38.4 Å². The Kier molecular flexibility index (Phi) is 7.08. The third kappa shape index (κ3) is 4.75. The number of ether oxygens (including phenoxy) is 3. The maximum Gasteiger partial charge on any atom is 0.255 e. The van der Waals surface area contributed by atoms with Crippen LogP contribution in [-0.4, -0.2) is 67.7 Å². The largest absolute Gasteiger partial charge is 0.493 e. The number of hydrogen-bond donors (Lipinski definition) is 2. The molecule has 2 aromatic heterocycles. The van der Waals surface area contributed by atoms with Crippen LogP contribution in [0.1, 0.15) is 16.1 Å². The van der Waals surface area contributed by atoms with Crippen molar-refractivity contribution in [2.24, 2.45) is 0 Å². The molecule has 5 rings (SSSR count). The third-order valence-electron chi connectivity index (χ3n) is 6.23. The molecular formula is C26H29N5O4S. The van der Waals surface area contributed by atoms with Gasteiger partial charge >= 0.3 is 0 Å². The second-order valence-corrected chi connectivity index (χ2v) is 9.28. The number of anilines is 1. The molecule has 9 nitrogen and oxygen atoms in total. The normalized spacial score (nSPS) is 14.1. The lowest BCUT2D eigenvalue weighted by atomic mass is 10.1. The highest BCUT2D eigenvalue weighted by Crippen LogP contribution is 2.39. The Bertz CT molecular complexity index is 1350. The van der Waals surface area contributed by atoms with E-state index in [1.807, 2.05) is 24.3 Å². The van der Waals surface area contributed by atoms with E-state index in [1.54, 1.807) is 23.5 Å². The molecule has 36 heavy (non-hydrogen) atoms. The van der Waals surface area contributed by atoms with Crippen molar-refractivity contribution >= 4 is 27.9 Å². The molecule has 1 fully saturated rings. The number of nitrogens with one attached hydrogen (secondary N) is 2. The summed E-state index contributed by atoms with van der Waals surface area (Å²) in [4.78, 5) is 21.5. The van der Waals surface area contributed by atoms with Crippen molar-refractivity contribution < 1.29 is 19.0 Å². The molecule has 3 heterocycles. The molecule has 188 valence electrons. The van der Waals surface area contributed by atoms with Gasteiger partial charge in [-0.3, -0.25) is 14.1 Å². The van der Waals surface area contributed by atoms with Gasteiger partial charge in [-0.25, -0.2) is 4.98 Å². The zero-order valence-electron chi connectivity index (χ0n) is 20.5. The van der Waals surface area contributed by atoms with Crippen LogP contribution < -0.4 is 24.8 Å². The van der Waals surface area contributed by atoms with Crippen LogP contribution in [0.3, 0.4) is 0 Å². The van der Waals surface area contributed by atoms with E-state index < -0.39 is 0 Å². The predicted molar refractivity (Wildman–Crippen MR) is 141 cm³/mol. The van der Waals surface area contributed by atoms with E-state index >= 15 is 0 Å². The fraction of sp³-hybridized carbons (Fsp3) is 0.308. The van der Waals surface area contributed by atoms with Gasteiger partial charge in [0.2, 0.25) is 5.75 Å². The van der Waals surface area contributed by atoms with Gasteiger partial charge in [-0.15, -0.1) is 11.3 Å². The average Bonchev–Trinajstić information content (AvgIpc) is 3.49. The third-order valence-corrected chi connectivity index (χ3v) is 7.07. The first-order valence-electron chi connectivity index (χ1n) is 11.7. The molecule has 2 aromatic carbocycles. The number of carbonyl (C=O) groups excluding carboxylic acids is 1. The van der Waals surface area contributed by atoms with Gasteiger partial charge in [0.1, 0.15) is 0 Å². The molecule has 1 aliphatic rings. The summed E-state index contributed by atoms with van der Waals surface area (Å²) in [7, 11) is 4.58. The van der Waals surface area contributed by atoms with Crippen LogP contribution in [0.5, 0.6) is 17.2 Å². The van der Waals surface area contributed by atoms with Crippen molar-refractivity contribution in [3.8, 4) is 28.5 Å². The van der Waals surface area contributed by atoms with Crippen LogP contribution in [0.2, 0.25) is 0 Å².